The highest BCUT2D eigenvalue weighted by molar-refractivity contribution is 6.31. The second-order valence-corrected chi connectivity index (χ2v) is 6.23. The van der Waals surface area contributed by atoms with Gasteiger partial charge in [-0.05, 0) is 24.3 Å². The molecule has 27 heavy (non-hydrogen) atoms. The zero-order chi connectivity index (χ0) is 18.8. The quantitative estimate of drug-likeness (QED) is 0.502. The molecule has 0 aliphatic rings. The molecule has 0 unspecified atom stereocenters. The van der Waals surface area contributed by atoms with Crippen LogP contribution in [-0.4, -0.2) is 39.1 Å². The maximum atomic E-state index is 6.09. The van der Waals surface area contributed by atoms with E-state index in [0.29, 0.717) is 28.9 Å². The van der Waals surface area contributed by atoms with Crippen LogP contribution in [0.2, 0.25) is 5.02 Å². The third-order valence-corrected chi connectivity index (χ3v) is 4.27. The topological polar surface area (TPSA) is 88.1 Å². The lowest BCUT2D eigenvalue weighted by Crippen LogP contribution is -2.05. The lowest BCUT2D eigenvalue weighted by molar-refractivity contribution is 0.174. The normalized spacial score (nSPS) is 11.4. The minimum atomic E-state index is 0.271. The van der Waals surface area contributed by atoms with E-state index in [4.69, 9.17) is 25.6 Å². The fourth-order valence-corrected chi connectivity index (χ4v) is 3.04. The van der Waals surface area contributed by atoms with Gasteiger partial charge in [-0.3, -0.25) is 4.98 Å². The van der Waals surface area contributed by atoms with Gasteiger partial charge in [0, 0.05) is 30.8 Å². The van der Waals surface area contributed by atoms with Gasteiger partial charge in [0.25, 0.3) is 5.89 Å². The second kappa shape index (κ2) is 7.43. The standard InChI is InChI=1S/C18H16ClN5O3/c1-25-9-16-13(18-22-17(10-26-2)23-27-18)8-21-24(16)15-5-6-20-14-7-11(19)3-4-12(14)15/h3-8H,9-10H2,1-2H3. The summed E-state index contributed by atoms with van der Waals surface area (Å²) in [7, 11) is 3.20. The van der Waals surface area contributed by atoms with Crippen molar-refractivity contribution in [3.05, 3.63) is 53.2 Å². The van der Waals surface area contributed by atoms with E-state index in [1.807, 2.05) is 24.3 Å². The molecule has 9 heteroatoms. The number of pyridine rings is 1. The molecule has 8 nitrogen and oxygen atoms in total. The fourth-order valence-electron chi connectivity index (χ4n) is 2.88. The first-order chi connectivity index (χ1) is 13.2. The molecule has 4 rings (SSSR count). The van der Waals surface area contributed by atoms with Crippen molar-refractivity contribution in [2.24, 2.45) is 0 Å². The predicted octanol–water partition coefficient (Wildman–Crippen LogP) is 3.42. The zero-order valence-electron chi connectivity index (χ0n) is 14.7. The Morgan fingerprint density at radius 3 is 2.81 bits per heavy atom. The minimum Gasteiger partial charge on any atom is -0.378 e. The second-order valence-electron chi connectivity index (χ2n) is 5.79. The van der Waals surface area contributed by atoms with Gasteiger partial charge < -0.3 is 14.0 Å². The van der Waals surface area contributed by atoms with Crippen molar-refractivity contribution in [2.75, 3.05) is 14.2 Å². The van der Waals surface area contributed by atoms with Crippen LogP contribution in [0.4, 0.5) is 0 Å². The molecule has 0 fully saturated rings. The van der Waals surface area contributed by atoms with E-state index in [2.05, 4.69) is 20.2 Å². The SMILES string of the molecule is COCc1noc(-c2cnn(-c3ccnc4cc(Cl)ccc34)c2COC)n1. The van der Waals surface area contributed by atoms with E-state index in [-0.39, 0.29) is 6.61 Å². The molecule has 0 bridgehead atoms. The highest BCUT2D eigenvalue weighted by Crippen LogP contribution is 2.29. The smallest absolute Gasteiger partial charge is 0.261 e. The molecular formula is C18H16ClN5O3. The summed E-state index contributed by atoms with van der Waals surface area (Å²) in [5, 5.41) is 9.98. The van der Waals surface area contributed by atoms with Crippen LogP contribution in [-0.2, 0) is 22.7 Å². The lowest BCUT2D eigenvalue weighted by Gasteiger charge is -2.10. The van der Waals surface area contributed by atoms with Gasteiger partial charge in [0.15, 0.2) is 5.82 Å². The average Bonchev–Trinajstić information content (AvgIpc) is 3.28. The monoisotopic (exact) mass is 385 g/mol. The molecule has 3 aromatic heterocycles. The van der Waals surface area contributed by atoms with Crippen LogP contribution in [0.3, 0.4) is 0 Å². The van der Waals surface area contributed by atoms with E-state index in [1.165, 1.54) is 0 Å². The Hall–Kier alpha value is -2.81. The van der Waals surface area contributed by atoms with E-state index in [1.54, 1.807) is 31.3 Å². The Balaban J connectivity index is 1.85. The van der Waals surface area contributed by atoms with Gasteiger partial charge in [0.05, 0.1) is 35.3 Å². The number of fused-ring (bicyclic) bond motifs is 1. The third-order valence-electron chi connectivity index (χ3n) is 4.03. The average molecular weight is 386 g/mol. The Morgan fingerprint density at radius 1 is 1.15 bits per heavy atom. The van der Waals surface area contributed by atoms with Crippen LogP contribution >= 0.6 is 11.6 Å². The van der Waals surface area contributed by atoms with Crippen LogP contribution in [0.1, 0.15) is 11.5 Å². The zero-order valence-corrected chi connectivity index (χ0v) is 15.5. The van der Waals surface area contributed by atoms with Gasteiger partial charge >= 0.3 is 0 Å². The summed E-state index contributed by atoms with van der Waals surface area (Å²) in [5.41, 5.74) is 3.12. The Bertz CT molecular complexity index is 1090. The van der Waals surface area contributed by atoms with Gasteiger partial charge in [0.1, 0.15) is 6.61 Å². The van der Waals surface area contributed by atoms with Gasteiger partial charge in [0.2, 0.25) is 0 Å². The molecule has 0 radical (unpaired) electrons. The number of aromatic nitrogens is 5. The summed E-state index contributed by atoms with van der Waals surface area (Å²) in [6.07, 6.45) is 3.40. The number of hydrogen-bond donors (Lipinski definition) is 0. The van der Waals surface area contributed by atoms with Crippen LogP contribution in [0.15, 0.2) is 41.2 Å². The maximum absolute atomic E-state index is 6.09. The number of ether oxygens (including phenoxy) is 2. The van der Waals surface area contributed by atoms with Crippen molar-refractivity contribution in [1.82, 2.24) is 24.9 Å². The highest BCUT2D eigenvalue weighted by Gasteiger charge is 2.20. The summed E-state index contributed by atoms with van der Waals surface area (Å²) >= 11 is 6.09. The van der Waals surface area contributed by atoms with Gasteiger partial charge in [-0.1, -0.05) is 16.8 Å². The fraction of sp³-hybridized carbons (Fsp3) is 0.222. The van der Waals surface area contributed by atoms with Crippen LogP contribution in [0, 0.1) is 0 Å². The molecule has 0 saturated carbocycles. The molecular weight excluding hydrogens is 370 g/mol. The van der Waals surface area contributed by atoms with Crippen molar-refractivity contribution in [2.45, 2.75) is 13.2 Å². The van der Waals surface area contributed by atoms with E-state index < -0.39 is 0 Å². The Kier molecular flexibility index (Phi) is 4.85. The van der Waals surface area contributed by atoms with Crippen molar-refractivity contribution in [3.63, 3.8) is 0 Å². The number of halogens is 1. The van der Waals surface area contributed by atoms with Crippen molar-refractivity contribution >= 4 is 22.5 Å². The van der Waals surface area contributed by atoms with Crippen LogP contribution in [0.25, 0.3) is 28.0 Å². The first-order valence-corrected chi connectivity index (χ1v) is 8.51. The summed E-state index contributed by atoms with van der Waals surface area (Å²) in [5.74, 6) is 0.828. The molecule has 1 aromatic carbocycles. The molecule has 3 heterocycles. The Labute approximate surface area is 159 Å². The van der Waals surface area contributed by atoms with Gasteiger partial charge in [-0.25, -0.2) is 4.68 Å². The highest BCUT2D eigenvalue weighted by atomic mass is 35.5. The van der Waals surface area contributed by atoms with Gasteiger partial charge in [-0.2, -0.15) is 10.1 Å². The van der Waals surface area contributed by atoms with E-state index in [0.717, 1.165) is 22.3 Å². The number of rotatable bonds is 6. The van der Waals surface area contributed by atoms with E-state index >= 15 is 0 Å². The third kappa shape index (κ3) is 3.30. The molecule has 0 aliphatic heterocycles. The predicted molar refractivity (Wildman–Crippen MR) is 98.6 cm³/mol. The molecule has 4 aromatic rings. The lowest BCUT2D eigenvalue weighted by atomic mass is 10.1. The number of hydrogen-bond acceptors (Lipinski definition) is 7. The van der Waals surface area contributed by atoms with Gasteiger partial charge in [-0.15, -0.1) is 0 Å². The number of methoxy groups -OCH3 is 2. The first kappa shape index (κ1) is 17.6. The van der Waals surface area contributed by atoms with Crippen LogP contribution in [0.5, 0.6) is 0 Å². The molecule has 0 aliphatic carbocycles. The molecule has 0 amide bonds. The van der Waals surface area contributed by atoms with Crippen molar-refractivity contribution < 1.29 is 14.0 Å². The summed E-state index contributed by atoms with van der Waals surface area (Å²) < 4.78 is 17.6. The molecule has 0 spiro atoms. The maximum Gasteiger partial charge on any atom is 0.261 e. The molecule has 0 saturated heterocycles. The molecule has 138 valence electrons. The number of benzene rings is 1. The minimum absolute atomic E-state index is 0.271. The largest absolute Gasteiger partial charge is 0.378 e. The first-order valence-electron chi connectivity index (χ1n) is 8.13. The molecule has 0 atom stereocenters. The van der Waals surface area contributed by atoms with Crippen LogP contribution < -0.4 is 0 Å². The summed E-state index contributed by atoms with van der Waals surface area (Å²) in [6, 6.07) is 7.44. The van der Waals surface area contributed by atoms with Crippen molar-refractivity contribution in [3.8, 4) is 17.1 Å². The van der Waals surface area contributed by atoms with Crippen molar-refractivity contribution in [1.29, 1.82) is 0 Å². The summed E-state index contributed by atoms with van der Waals surface area (Å²) in [4.78, 5) is 8.73. The Morgan fingerprint density at radius 2 is 2.00 bits per heavy atom. The molecule has 0 N–H and O–H groups in total. The number of nitrogens with zero attached hydrogens (tertiary/aromatic N) is 5. The van der Waals surface area contributed by atoms with E-state index in [9.17, 15) is 0 Å². The summed E-state index contributed by atoms with van der Waals surface area (Å²) in [6.45, 7) is 0.585.